The van der Waals surface area contributed by atoms with Crippen molar-refractivity contribution in [1.29, 1.82) is 0 Å². The highest BCUT2D eigenvalue weighted by Gasteiger charge is 2.19. The first kappa shape index (κ1) is 58.4. The fourth-order valence-corrected chi connectivity index (χ4v) is 7.27. The van der Waals surface area contributed by atoms with E-state index >= 15 is 0 Å². The molecule has 0 unspecified atom stereocenters. The Kier molecular flexibility index (Phi) is 47.9. The van der Waals surface area contributed by atoms with Crippen molar-refractivity contribution >= 4 is 17.9 Å². The van der Waals surface area contributed by atoms with Crippen LogP contribution in [-0.2, 0) is 28.6 Å². The van der Waals surface area contributed by atoms with E-state index in [1.807, 2.05) is 0 Å². The van der Waals surface area contributed by atoms with Crippen LogP contribution >= 0.6 is 0 Å². The van der Waals surface area contributed by atoms with Gasteiger partial charge in [0, 0.05) is 19.3 Å². The molecule has 0 spiro atoms. The maximum absolute atomic E-state index is 12.8. The molecule has 6 heteroatoms. The summed E-state index contributed by atoms with van der Waals surface area (Å²) in [6.07, 6.45) is 59.5. The zero-order chi connectivity index (χ0) is 44.4. The molecular formula is C55H98O6. The summed E-state index contributed by atoms with van der Waals surface area (Å²) in [6.45, 7) is 6.56. The molecule has 0 saturated carbocycles. The second-order valence-corrected chi connectivity index (χ2v) is 17.4. The lowest BCUT2D eigenvalue weighted by molar-refractivity contribution is -0.167. The van der Waals surface area contributed by atoms with Gasteiger partial charge in [-0.25, -0.2) is 0 Å². The highest BCUT2D eigenvalue weighted by molar-refractivity contribution is 5.71. The second-order valence-electron chi connectivity index (χ2n) is 17.4. The molecule has 0 heterocycles. The number of rotatable bonds is 47. The quantitative estimate of drug-likeness (QED) is 0.0263. The molecule has 0 aliphatic heterocycles. The highest BCUT2D eigenvalue weighted by atomic mass is 16.6. The molecule has 1 atom stereocenters. The molecule has 354 valence electrons. The number of hydrogen-bond donors (Lipinski definition) is 0. The first-order valence-electron chi connectivity index (χ1n) is 26.1. The lowest BCUT2D eigenvalue weighted by Crippen LogP contribution is -2.30. The molecule has 6 nitrogen and oxygen atoms in total. The Morgan fingerprint density at radius 2 is 0.607 bits per heavy atom. The van der Waals surface area contributed by atoms with E-state index in [2.05, 4.69) is 69.4 Å². The van der Waals surface area contributed by atoms with Crippen molar-refractivity contribution in [2.75, 3.05) is 13.2 Å². The van der Waals surface area contributed by atoms with Gasteiger partial charge in [-0.2, -0.15) is 0 Å². The second kappa shape index (κ2) is 50.0. The molecule has 0 bridgehead atoms. The molecule has 0 radical (unpaired) electrons. The van der Waals surface area contributed by atoms with E-state index in [0.29, 0.717) is 19.3 Å². The molecule has 0 rings (SSSR count). The van der Waals surface area contributed by atoms with Gasteiger partial charge in [-0.1, -0.05) is 198 Å². The smallest absolute Gasteiger partial charge is 0.306 e. The van der Waals surface area contributed by atoms with E-state index in [-0.39, 0.29) is 31.1 Å². The Bertz CT molecular complexity index is 1070. The van der Waals surface area contributed by atoms with Crippen LogP contribution in [0.4, 0.5) is 0 Å². The zero-order valence-corrected chi connectivity index (χ0v) is 40.4. The highest BCUT2D eigenvalue weighted by Crippen LogP contribution is 2.14. The van der Waals surface area contributed by atoms with Crippen molar-refractivity contribution in [3.8, 4) is 0 Å². The van der Waals surface area contributed by atoms with Crippen molar-refractivity contribution < 1.29 is 28.6 Å². The Morgan fingerprint density at radius 3 is 1.00 bits per heavy atom. The molecule has 0 aromatic rings. The summed E-state index contributed by atoms with van der Waals surface area (Å²) in [7, 11) is 0. The first-order valence-corrected chi connectivity index (χ1v) is 26.1. The van der Waals surface area contributed by atoms with Gasteiger partial charge in [0.25, 0.3) is 0 Å². The predicted molar refractivity (Wildman–Crippen MR) is 261 cm³/mol. The maximum Gasteiger partial charge on any atom is 0.306 e. The van der Waals surface area contributed by atoms with Crippen LogP contribution in [0.5, 0.6) is 0 Å². The van der Waals surface area contributed by atoms with Crippen LogP contribution in [0.2, 0.25) is 0 Å². The number of allylic oxidation sites excluding steroid dienone is 8. The molecule has 0 aromatic heterocycles. The van der Waals surface area contributed by atoms with Crippen molar-refractivity contribution in [1.82, 2.24) is 0 Å². The number of ether oxygens (including phenoxy) is 3. The van der Waals surface area contributed by atoms with Crippen LogP contribution < -0.4 is 0 Å². The van der Waals surface area contributed by atoms with Crippen molar-refractivity contribution in [2.24, 2.45) is 0 Å². The minimum atomic E-state index is -0.783. The number of carbonyl (C=O) groups excluding carboxylic acids is 3. The Hall–Kier alpha value is -2.63. The fraction of sp³-hybridized carbons (Fsp3) is 0.800. The SMILES string of the molecule is CCCC/C=C\CCCCCCCC(=O)OC[C@H](COC(=O)CCCCCCCCC/C=C\CCCCCCCC)OC(=O)CCCCCCC/C=C\C/C=C\CCCCC. The summed E-state index contributed by atoms with van der Waals surface area (Å²) in [4.78, 5) is 37.9. The number of esters is 3. The van der Waals surface area contributed by atoms with Crippen molar-refractivity contribution in [3.05, 3.63) is 48.6 Å². The van der Waals surface area contributed by atoms with E-state index < -0.39 is 6.10 Å². The summed E-state index contributed by atoms with van der Waals surface area (Å²) in [6, 6.07) is 0. The Balaban J connectivity index is 4.38. The predicted octanol–water partition coefficient (Wildman–Crippen LogP) is 17.1. The Morgan fingerprint density at radius 1 is 0.328 bits per heavy atom. The van der Waals surface area contributed by atoms with Gasteiger partial charge in [-0.05, 0) is 96.3 Å². The zero-order valence-electron chi connectivity index (χ0n) is 40.4. The largest absolute Gasteiger partial charge is 0.462 e. The molecule has 0 N–H and O–H groups in total. The molecule has 0 aliphatic carbocycles. The number of carbonyl (C=O) groups is 3. The minimum absolute atomic E-state index is 0.0830. The van der Waals surface area contributed by atoms with Gasteiger partial charge in [-0.15, -0.1) is 0 Å². The van der Waals surface area contributed by atoms with E-state index in [9.17, 15) is 14.4 Å². The monoisotopic (exact) mass is 855 g/mol. The third-order valence-electron chi connectivity index (χ3n) is 11.3. The lowest BCUT2D eigenvalue weighted by atomic mass is 10.1. The van der Waals surface area contributed by atoms with E-state index in [1.54, 1.807) is 0 Å². The van der Waals surface area contributed by atoms with E-state index in [1.165, 1.54) is 135 Å². The molecule has 0 amide bonds. The van der Waals surface area contributed by atoms with Crippen LogP contribution in [0.3, 0.4) is 0 Å². The van der Waals surface area contributed by atoms with Crippen LogP contribution in [0.25, 0.3) is 0 Å². The third kappa shape index (κ3) is 48.3. The van der Waals surface area contributed by atoms with Gasteiger partial charge >= 0.3 is 17.9 Å². The summed E-state index contributed by atoms with van der Waals surface area (Å²) in [5.74, 6) is -0.905. The summed E-state index contributed by atoms with van der Waals surface area (Å²) in [5.41, 5.74) is 0. The van der Waals surface area contributed by atoms with Crippen LogP contribution in [0, 0.1) is 0 Å². The van der Waals surface area contributed by atoms with Gasteiger partial charge < -0.3 is 14.2 Å². The molecule has 61 heavy (non-hydrogen) atoms. The van der Waals surface area contributed by atoms with E-state index in [0.717, 1.165) is 89.9 Å². The summed E-state index contributed by atoms with van der Waals surface area (Å²) >= 11 is 0. The van der Waals surface area contributed by atoms with E-state index in [4.69, 9.17) is 14.2 Å². The van der Waals surface area contributed by atoms with Gasteiger partial charge in [0.2, 0.25) is 0 Å². The van der Waals surface area contributed by atoms with Crippen LogP contribution in [0.1, 0.15) is 265 Å². The third-order valence-corrected chi connectivity index (χ3v) is 11.3. The average molecular weight is 855 g/mol. The fourth-order valence-electron chi connectivity index (χ4n) is 7.27. The molecule has 0 aromatic carbocycles. The first-order chi connectivity index (χ1) is 30.0. The average Bonchev–Trinajstić information content (AvgIpc) is 3.26. The van der Waals surface area contributed by atoms with Crippen LogP contribution in [-0.4, -0.2) is 37.2 Å². The van der Waals surface area contributed by atoms with Crippen LogP contribution in [0.15, 0.2) is 48.6 Å². The minimum Gasteiger partial charge on any atom is -0.462 e. The standard InChI is InChI=1S/C55H98O6/c1-4-7-10-13-16-19-22-24-26-27-29-30-33-36-39-42-45-48-54(57)60-51-52(50-59-53(56)47-44-41-38-35-32-21-18-15-12-9-6-3)61-55(58)49-46-43-40-37-34-31-28-25-23-20-17-14-11-8-5-2/h15,17-18,20,24-26,28,52H,4-14,16,19,21-23,27,29-51H2,1-3H3/b18-15-,20-17-,26-24-,28-25-/t52-/m1/s1. The van der Waals surface area contributed by atoms with Gasteiger partial charge in [0.1, 0.15) is 13.2 Å². The number of unbranched alkanes of at least 4 members (excludes halogenated alkanes) is 28. The normalized spacial score (nSPS) is 12.4. The molecule has 0 fully saturated rings. The summed E-state index contributed by atoms with van der Waals surface area (Å²) in [5, 5.41) is 0. The van der Waals surface area contributed by atoms with Gasteiger partial charge in [0.15, 0.2) is 6.10 Å². The van der Waals surface area contributed by atoms with Gasteiger partial charge in [-0.3, -0.25) is 14.4 Å². The molecule has 0 saturated heterocycles. The Labute approximate surface area is 378 Å². The van der Waals surface area contributed by atoms with Crippen molar-refractivity contribution in [2.45, 2.75) is 271 Å². The van der Waals surface area contributed by atoms with Crippen molar-refractivity contribution in [3.63, 3.8) is 0 Å². The molecular weight excluding hydrogens is 757 g/mol. The maximum atomic E-state index is 12.8. The lowest BCUT2D eigenvalue weighted by Gasteiger charge is -2.18. The number of hydrogen-bond acceptors (Lipinski definition) is 6. The molecule has 0 aliphatic rings. The topological polar surface area (TPSA) is 78.9 Å². The summed E-state index contributed by atoms with van der Waals surface area (Å²) < 4.78 is 16.8. The van der Waals surface area contributed by atoms with Gasteiger partial charge in [0.05, 0.1) is 0 Å².